The van der Waals surface area contributed by atoms with Crippen LogP contribution in [0.2, 0.25) is 0 Å². The van der Waals surface area contributed by atoms with Gasteiger partial charge in [0.25, 0.3) is 0 Å². The van der Waals surface area contributed by atoms with Crippen LogP contribution in [0.1, 0.15) is 0 Å². The smallest absolute Gasteiger partial charge is 0.139 e. The second-order valence-electron chi connectivity index (χ2n) is 0.780. The van der Waals surface area contributed by atoms with Gasteiger partial charge in [0.15, 0.2) is 0 Å². The van der Waals surface area contributed by atoms with Crippen LogP contribution in [0, 0.1) is 0 Å². The lowest BCUT2D eigenvalue weighted by atomic mass is 11.5. The van der Waals surface area contributed by atoms with E-state index in [2.05, 4.69) is 10.5 Å². The van der Waals surface area contributed by atoms with Crippen LogP contribution in [-0.2, 0) is 0 Å². The first-order valence-electron chi connectivity index (χ1n) is 1.46. The molecule has 0 aromatic carbocycles. The van der Waals surface area contributed by atoms with Crippen molar-refractivity contribution in [3.05, 3.63) is 0 Å². The summed E-state index contributed by atoms with van der Waals surface area (Å²) in [5.74, 6) is 0. The Hall–Kier alpha value is 0.354. The van der Waals surface area contributed by atoms with Crippen LogP contribution in [0.4, 0.5) is 0 Å². The lowest BCUT2D eigenvalue weighted by molar-refractivity contribution is 0.791. The minimum absolute atomic E-state index is 0.975. The molecular weight excluding hydrogens is 96.2 g/mol. The van der Waals surface area contributed by atoms with Gasteiger partial charge in [-0.25, -0.2) is 0 Å². The van der Waals surface area contributed by atoms with Gasteiger partial charge in [-0.2, -0.15) is 0 Å². The van der Waals surface area contributed by atoms with E-state index in [1.54, 1.807) is 0 Å². The summed E-state index contributed by atoms with van der Waals surface area (Å²) < 4.78 is 0. The number of rotatable bonds is 0. The predicted molar refractivity (Wildman–Crippen MR) is 22.6 cm³/mol. The monoisotopic (exact) mass is 100.0 g/mol. The Morgan fingerprint density at radius 2 is 2.60 bits per heavy atom. The van der Waals surface area contributed by atoms with Gasteiger partial charge in [-0.15, -0.1) is 0 Å². The van der Waals surface area contributed by atoms with E-state index < -0.39 is 0 Å². The van der Waals surface area contributed by atoms with Gasteiger partial charge in [-0.3, -0.25) is 10.5 Å². The first kappa shape index (κ1) is 3.54. The van der Waals surface area contributed by atoms with Gasteiger partial charge in [0.2, 0.25) is 0 Å². The van der Waals surface area contributed by atoms with Crippen LogP contribution in [0.25, 0.3) is 0 Å². The van der Waals surface area contributed by atoms with Crippen molar-refractivity contribution in [2.75, 3.05) is 6.17 Å². The average Bonchev–Trinajstić information content (AvgIpc) is 1.76. The van der Waals surface area contributed by atoms with Crippen LogP contribution in [0.3, 0.4) is 0 Å². The fraction of sp³-hybridized carbons (Fsp3) is 1.00. The largest absolute Gasteiger partial charge is 0.286 e. The second kappa shape index (κ2) is 1.71. The molecule has 4 radical (unpaired) electrons. The molecule has 1 heterocycles. The summed E-state index contributed by atoms with van der Waals surface area (Å²) in [5, 5.41) is 3.01. The molecule has 0 amide bonds. The van der Waals surface area contributed by atoms with E-state index in [4.69, 9.17) is 0 Å². The third-order valence-corrected chi connectivity index (χ3v) is 2.68. The summed E-state index contributed by atoms with van der Waals surface area (Å²) in [4.78, 5) is 0. The van der Waals surface area contributed by atoms with Crippen molar-refractivity contribution in [1.82, 2.24) is 10.5 Å². The summed E-state index contributed by atoms with van der Waals surface area (Å²) in [5.41, 5.74) is 3.00. The van der Waals surface area contributed by atoms with Crippen LogP contribution in [0.15, 0.2) is 0 Å². The van der Waals surface area contributed by atoms with Crippen molar-refractivity contribution in [2.45, 2.75) is 0 Å². The van der Waals surface area contributed by atoms with E-state index in [1.165, 1.54) is 6.17 Å². The highest BCUT2D eigenvalue weighted by Crippen LogP contribution is 1.55. The van der Waals surface area contributed by atoms with Gasteiger partial charge in [0, 0.05) is 0 Å². The van der Waals surface area contributed by atoms with Gasteiger partial charge in [-0.1, -0.05) is 0 Å². The van der Waals surface area contributed by atoms with E-state index in [-0.39, 0.29) is 0 Å². The highest BCUT2D eigenvalue weighted by molar-refractivity contribution is 7.00. The molecule has 0 bridgehead atoms. The zero-order chi connectivity index (χ0) is 3.54. The van der Waals surface area contributed by atoms with Crippen LogP contribution in [0.5, 0.6) is 0 Å². The Labute approximate surface area is 35.8 Å². The zero-order valence-corrected chi connectivity index (χ0v) is 4.71. The lowest BCUT2D eigenvalue weighted by Crippen LogP contribution is -2.23. The van der Waals surface area contributed by atoms with Gasteiger partial charge in [0.1, 0.15) is 9.20 Å². The number of nitrogens with one attached hydrogen (secondary N) is 2. The fourth-order valence-corrected chi connectivity index (χ4v) is 1.99. The minimum atomic E-state index is 0.975. The van der Waals surface area contributed by atoms with Gasteiger partial charge in [0.05, 0.1) is 9.04 Å². The summed E-state index contributed by atoms with van der Waals surface area (Å²) in [6, 6.07) is 0. The average molecular weight is 100 g/mol. The lowest BCUT2D eigenvalue weighted by Gasteiger charge is -1.81. The minimum Gasteiger partial charge on any atom is -0.286 e. The number of hydrogen-bond acceptors (Lipinski definition) is 2. The molecule has 0 unspecified atom stereocenters. The maximum atomic E-state index is 3.01. The second-order valence-corrected chi connectivity index (χ2v) is 3.80. The summed E-state index contributed by atoms with van der Waals surface area (Å²) in [6.45, 7) is 0. The van der Waals surface area contributed by atoms with Crippen molar-refractivity contribution in [2.24, 2.45) is 0 Å². The van der Waals surface area contributed by atoms with E-state index in [9.17, 15) is 0 Å². The summed E-state index contributed by atoms with van der Waals surface area (Å²) in [7, 11) is 2.09. The topological polar surface area (TPSA) is 24.1 Å². The third kappa shape index (κ3) is 0.842. The molecule has 0 atom stereocenters. The molecule has 0 aromatic rings. The molecule has 1 fully saturated rings. The van der Waals surface area contributed by atoms with Crippen molar-refractivity contribution in [3.8, 4) is 0 Å². The van der Waals surface area contributed by atoms with Gasteiger partial charge >= 0.3 is 0 Å². The van der Waals surface area contributed by atoms with Crippen LogP contribution < -0.4 is 10.5 Å². The Balaban J connectivity index is 2.08. The van der Waals surface area contributed by atoms with Crippen molar-refractivity contribution in [1.29, 1.82) is 0 Å². The standard InChI is InChI=1S/CH4N2Si2/c1-2-3-5-4-1/h2-3H,1H2. The summed E-state index contributed by atoms with van der Waals surface area (Å²) >= 11 is 0. The maximum Gasteiger partial charge on any atom is 0.139 e. The first-order valence-corrected chi connectivity index (χ1v) is 4.66. The number of hydrazine groups is 1. The molecule has 0 aromatic heterocycles. The quantitative estimate of drug-likeness (QED) is 0.354. The van der Waals surface area contributed by atoms with Gasteiger partial charge < -0.3 is 0 Å². The van der Waals surface area contributed by atoms with Crippen molar-refractivity contribution < 1.29 is 0 Å². The molecule has 1 rings (SSSR count). The molecule has 26 valence electrons. The van der Waals surface area contributed by atoms with Crippen LogP contribution in [-0.4, -0.2) is 24.4 Å². The predicted octanol–water partition coefficient (Wildman–Crippen LogP) is -1.71. The third-order valence-electron chi connectivity index (χ3n) is 0.416. The molecule has 5 heavy (non-hydrogen) atoms. The number of hydrogen-bond donors (Lipinski definition) is 2. The Morgan fingerprint density at radius 1 is 1.60 bits per heavy atom. The van der Waals surface area contributed by atoms with E-state index in [0.717, 1.165) is 18.2 Å². The molecule has 0 saturated carbocycles. The Morgan fingerprint density at radius 3 is 2.80 bits per heavy atom. The SMILES string of the molecule is C1NN[Si][Si]1. The van der Waals surface area contributed by atoms with Crippen molar-refractivity contribution in [3.63, 3.8) is 0 Å². The van der Waals surface area contributed by atoms with E-state index >= 15 is 0 Å². The highest BCUT2D eigenvalue weighted by atomic mass is 29.1. The van der Waals surface area contributed by atoms with E-state index in [0.29, 0.717) is 0 Å². The molecule has 2 N–H and O–H groups in total. The molecule has 1 saturated heterocycles. The maximum absolute atomic E-state index is 3.01. The van der Waals surface area contributed by atoms with Crippen LogP contribution >= 0.6 is 0 Å². The summed E-state index contributed by atoms with van der Waals surface area (Å²) in [6.07, 6.45) is 1.18. The molecule has 0 aliphatic carbocycles. The molecule has 0 spiro atoms. The Bertz CT molecular complexity index is 19.2. The molecule has 1 aliphatic heterocycles. The molecule has 2 nitrogen and oxygen atoms in total. The zero-order valence-electron chi connectivity index (χ0n) is 2.71. The van der Waals surface area contributed by atoms with Crippen molar-refractivity contribution >= 4 is 18.2 Å². The fourth-order valence-electron chi connectivity index (χ4n) is 0.221. The molecule has 4 heteroatoms. The first-order chi connectivity index (χ1) is 2.50. The Kier molecular flexibility index (Phi) is 1.21. The molecule has 1 aliphatic rings. The molecular formula is CH4N2Si2. The van der Waals surface area contributed by atoms with Gasteiger partial charge in [-0.05, 0) is 6.17 Å². The van der Waals surface area contributed by atoms with E-state index in [1.807, 2.05) is 0 Å². The highest BCUT2D eigenvalue weighted by Gasteiger charge is 1.95. The normalized spacial score (nSPS) is 24.0.